The number of nitrogens with two attached hydrogens (primary N) is 1. The van der Waals surface area contributed by atoms with Crippen LogP contribution in [0.3, 0.4) is 0 Å². The zero-order valence-corrected chi connectivity index (χ0v) is 13.1. The molecule has 1 aromatic carbocycles. The quantitative estimate of drug-likeness (QED) is 0.656. The lowest BCUT2D eigenvalue weighted by atomic mass is 10.0. The van der Waals surface area contributed by atoms with Crippen LogP contribution in [0.2, 0.25) is 5.02 Å². The van der Waals surface area contributed by atoms with Crippen LogP contribution in [0.5, 0.6) is 0 Å². The Hall–Kier alpha value is -1.03. The minimum atomic E-state index is 0.0196. The van der Waals surface area contributed by atoms with E-state index in [1.54, 1.807) is 0 Å². The Bertz CT molecular complexity index is 646. The van der Waals surface area contributed by atoms with Gasteiger partial charge in [0.05, 0.1) is 6.04 Å². The smallest absolute Gasteiger partial charge is 0.134 e. The van der Waals surface area contributed by atoms with Gasteiger partial charge in [0, 0.05) is 10.4 Å². The molecular weight excluding hydrogens is 272 g/mol. The summed E-state index contributed by atoms with van der Waals surface area (Å²) in [4.78, 5) is 0. The van der Waals surface area contributed by atoms with Crippen molar-refractivity contribution in [3.8, 4) is 0 Å². The second-order valence-corrected chi connectivity index (χ2v) is 7.33. The third-order valence-corrected chi connectivity index (χ3v) is 5.68. The number of nitrogens with one attached hydrogen (secondary N) is 1. The van der Waals surface area contributed by atoms with Gasteiger partial charge in [0.15, 0.2) is 0 Å². The van der Waals surface area contributed by atoms with Gasteiger partial charge in [-0.1, -0.05) is 39.3 Å². The molecule has 0 spiro atoms. The predicted octanol–water partition coefficient (Wildman–Crippen LogP) is 4.27. The van der Waals surface area contributed by atoms with Crippen LogP contribution in [0.15, 0.2) is 28.7 Å². The molecule has 1 unspecified atom stereocenters. The number of furan rings is 1. The summed E-state index contributed by atoms with van der Waals surface area (Å²) in [6.45, 7) is 9.12. The first-order valence-corrected chi connectivity index (χ1v) is 7.32. The van der Waals surface area contributed by atoms with Gasteiger partial charge in [0.1, 0.15) is 11.3 Å². The summed E-state index contributed by atoms with van der Waals surface area (Å²) in [5.74, 6) is 7.13. The van der Waals surface area contributed by atoms with Gasteiger partial charge in [-0.2, -0.15) is 0 Å². The van der Waals surface area contributed by atoms with Gasteiger partial charge < -0.3 is 4.42 Å². The maximum atomic E-state index is 6.02. The van der Waals surface area contributed by atoms with Gasteiger partial charge in [-0.25, -0.2) is 5.43 Å². The van der Waals surface area contributed by atoms with Crippen LogP contribution in [0.25, 0.3) is 11.0 Å². The molecule has 0 saturated heterocycles. The lowest BCUT2D eigenvalue weighted by molar-refractivity contribution is 0.355. The summed E-state index contributed by atoms with van der Waals surface area (Å²) < 4.78 is 5.96. The van der Waals surface area contributed by atoms with Crippen molar-refractivity contribution in [3.05, 3.63) is 35.0 Å². The normalized spacial score (nSPS) is 22.1. The third kappa shape index (κ3) is 1.80. The molecule has 1 heterocycles. The predicted molar refractivity (Wildman–Crippen MR) is 82.3 cm³/mol. The summed E-state index contributed by atoms with van der Waals surface area (Å²) in [5.41, 5.74) is 4.26. The first-order chi connectivity index (χ1) is 9.29. The average Bonchev–Trinajstić information content (AvgIpc) is 2.70. The molecule has 1 aromatic heterocycles. The Morgan fingerprint density at radius 2 is 1.85 bits per heavy atom. The zero-order valence-electron chi connectivity index (χ0n) is 12.3. The molecule has 0 radical (unpaired) electrons. The highest BCUT2D eigenvalue weighted by atomic mass is 35.5. The molecule has 0 bridgehead atoms. The number of benzene rings is 1. The zero-order chi connectivity index (χ0) is 14.7. The van der Waals surface area contributed by atoms with Crippen LogP contribution in [-0.2, 0) is 0 Å². The number of hydrazine groups is 1. The van der Waals surface area contributed by atoms with Crippen LogP contribution in [0.1, 0.15) is 39.5 Å². The van der Waals surface area contributed by atoms with Gasteiger partial charge in [-0.3, -0.25) is 5.84 Å². The number of fused-ring (bicyclic) bond motifs is 1. The van der Waals surface area contributed by atoms with Crippen LogP contribution in [-0.4, -0.2) is 0 Å². The standard InChI is InChI=1S/C16H21ClN2O/c1-15(2)14(16(15,3)4)13(19-18)12-8-9-7-10(17)5-6-11(9)20-12/h5-8,13-14,19H,18H2,1-4H3. The molecule has 0 amide bonds. The maximum Gasteiger partial charge on any atom is 0.134 e. The molecule has 20 heavy (non-hydrogen) atoms. The summed E-state index contributed by atoms with van der Waals surface area (Å²) in [5, 5.41) is 1.73. The van der Waals surface area contributed by atoms with E-state index in [1.165, 1.54) is 0 Å². The SMILES string of the molecule is CC1(C)C(C(NN)c2cc3cc(Cl)ccc3o2)C1(C)C. The highest BCUT2D eigenvalue weighted by Gasteiger charge is 2.67. The van der Waals surface area contributed by atoms with Gasteiger partial charge in [0.25, 0.3) is 0 Å². The van der Waals surface area contributed by atoms with Gasteiger partial charge >= 0.3 is 0 Å². The van der Waals surface area contributed by atoms with E-state index >= 15 is 0 Å². The molecule has 1 fully saturated rings. The van der Waals surface area contributed by atoms with E-state index in [1.807, 2.05) is 24.3 Å². The minimum absolute atomic E-state index is 0.0196. The average molecular weight is 293 g/mol. The van der Waals surface area contributed by atoms with Gasteiger partial charge in [0.2, 0.25) is 0 Å². The van der Waals surface area contributed by atoms with E-state index in [9.17, 15) is 0 Å². The van der Waals surface area contributed by atoms with Crippen molar-refractivity contribution < 1.29 is 4.42 Å². The van der Waals surface area contributed by atoms with E-state index in [0.717, 1.165) is 16.7 Å². The van der Waals surface area contributed by atoms with Crippen LogP contribution in [0, 0.1) is 16.7 Å². The lowest BCUT2D eigenvalue weighted by Gasteiger charge is -2.15. The third-order valence-electron chi connectivity index (χ3n) is 5.45. The molecule has 2 aromatic rings. The van der Waals surface area contributed by atoms with Crippen molar-refractivity contribution in [2.45, 2.75) is 33.7 Å². The molecule has 1 aliphatic rings. The van der Waals surface area contributed by atoms with E-state index in [-0.39, 0.29) is 16.9 Å². The van der Waals surface area contributed by atoms with Crippen molar-refractivity contribution in [3.63, 3.8) is 0 Å². The second-order valence-electron chi connectivity index (χ2n) is 6.90. The topological polar surface area (TPSA) is 51.2 Å². The maximum absolute atomic E-state index is 6.02. The summed E-state index contributed by atoms with van der Waals surface area (Å²) >= 11 is 6.02. The molecule has 0 aliphatic heterocycles. The molecule has 108 valence electrons. The lowest BCUT2D eigenvalue weighted by Crippen LogP contribution is -2.31. The Morgan fingerprint density at radius 3 is 2.40 bits per heavy atom. The highest BCUT2D eigenvalue weighted by Crippen LogP contribution is 2.72. The fourth-order valence-electron chi connectivity index (χ4n) is 3.61. The van der Waals surface area contributed by atoms with Gasteiger partial charge in [-0.15, -0.1) is 0 Å². The van der Waals surface area contributed by atoms with E-state index in [4.69, 9.17) is 21.9 Å². The van der Waals surface area contributed by atoms with Crippen LogP contribution >= 0.6 is 11.6 Å². The summed E-state index contributed by atoms with van der Waals surface area (Å²) in [7, 11) is 0. The number of halogens is 1. The van der Waals surface area contributed by atoms with Crippen molar-refractivity contribution in [1.29, 1.82) is 0 Å². The summed E-state index contributed by atoms with van der Waals surface area (Å²) in [6.07, 6.45) is 0. The van der Waals surface area contributed by atoms with Crippen molar-refractivity contribution in [2.75, 3.05) is 0 Å². The Morgan fingerprint density at radius 1 is 1.20 bits per heavy atom. The monoisotopic (exact) mass is 292 g/mol. The van der Waals surface area contributed by atoms with Crippen LogP contribution < -0.4 is 11.3 Å². The first-order valence-electron chi connectivity index (χ1n) is 6.94. The number of rotatable bonds is 3. The molecule has 1 saturated carbocycles. The van der Waals surface area contributed by atoms with Crippen molar-refractivity contribution >= 4 is 22.6 Å². The Labute approximate surface area is 124 Å². The fourth-order valence-corrected chi connectivity index (χ4v) is 3.79. The molecule has 3 N–H and O–H groups in total. The first kappa shape index (κ1) is 13.9. The van der Waals surface area contributed by atoms with Crippen molar-refractivity contribution in [1.82, 2.24) is 5.43 Å². The number of hydrogen-bond donors (Lipinski definition) is 2. The molecule has 3 rings (SSSR count). The van der Waals surface area contributed by atoms with E-state index in [2.05, 4.69) is 33.1 Å². The van der Waals surface area contributed by atoms with E-state index < -0.39 is 0 Å². The Balaban J connectivity index is 2.01. The summed E-state index contributed by atoms with van der Waals surface area (Å²) in [6, 6.07) is 7.72. The fraction of sp³-hybridized carbons (Fsp3) is 0.500. The van der Waals surface area contributed by atoms with Gasteiger partial charge in [-0.05, 0) is 41.0 Å². The van der Waals surface area contributed by atoms with Crippen molar-refractivity contribution in [2.24, 2.45) is 22.6 Å². The van der Waals surface area contributed by atoms with E-state index in [0.29, 0.717) is 10.9 Å². The molecule has 1 aliphatic carbocycles. The number of hydrogen-bond acceptors (Lipinski definition) is 3. The Kier molecular flexibility index (Phi) is 2.95. The molecule has 1 atom stereocenters. The molecule has 3 nitrogen and oxygen atoms in total. The second kappa shape index (κ2) is 4.23. The molecular formula is C16H21ClN2O. The minimum Gasteiger partial charge on any atom is -0.459 e. The molecule has 4 heteroatoms. The highest BCUT2D eigenvalue weighted by molar-refractivity contribution is 6.31. The van der Waals surface area contributed by atoms with Crippen LogP contribution in [0.4, 0.5) is 0 Å². The largest absolute Gasteiger partial charge is 0.459 e.